The molecule has 0 heterocycles. The number of ether oxygens (including phenoxy) is 1. The lowest BCUT2D eigenvalue weighted by Crippen LogP contribution is -2.29. The Bertz CT molecular complexity index is 520. The van der Waals surface area contributed by atoms with Crippen LogP contribution in [0.4, 0.5) is 0 Å². The van der Waals surface area contributed by atoms with Gasteiger partial charge in [0.1, 0.15) is 5.75 Å². The fraction of sp³-hybridized carbons (Fsp3) is 0.333. The molecular weight excluding hydrogens is 246 g/mol. The second-order valence-electron chi connectivity index (χ2n) is 4.81. The average Bonchev–Trinajstić information content (AvgIpc) is 2.53. The van der Waals surface area contributed by atoms with Crippen molar-refractivity contribution in [1.82, 2.24) is 4.90 Å². The second kappa shape index (κ2) is 7.11. The van der Waals surface area contributed by atoms with Gasteiger partial charge >= 0.3 is 0 Å². The predicted molar refractivity (Wildman–Crippen MR) is 84.2 cm³/mol. The van der Waals surface area contributed by atoms with Crippen LogP contribution in [-0.2, 0) is 0 Å². The average molecular weight is 269 g/mol. The summed E-state index contributed by atoms with van der Waals surface area (Å²) in [7, 11) is 1.72. The molecule has 0 saturated carbocycles. The van der Waals surface area contributed by atoms with Gasteiger partial charge < -0.3 is 4.74 Å². The van der Waals surface area contributed by atoms with Gasteiger partial charge in [0.15, 0.2) is 0 Å². The van der Waals surface area contributed by atoms with Crippen molar-refractivity contribution in [2.24, 2.45) is 0 Å². The number of hydrogen-bond acceptors (Lipinski definition) is 2. The normalized spacial score (nSPS) is 12.4. The van der Waals surface area contributed by atoms with Crippen LogP contribution in [0.15, 0.2) is 54.6 Å². The molecule has 106 valence electrons. The van der Waals surface area contributed by atoms with Crippen molar-refractivity contribution in [3.05, 3.63) is 65.7 Å². The van der Waals surface area contributed by atoms with E-state index in [2.05, 4.69) is 67.3 Å². The lowest BCUT2D eigenvalue weighted by molar-refractivity contribution is 0.250. The maximum absolute atomic E-state index is 5.37. The van der Waals surface area contributed by atoms with Crippen LogP contribution in [0.5, 0.6) is 5.75 Å². The van der Waals surface area contributed by atoms with Gasteiger partial charge in [-0.3, -0.25) is 4.90 Å². The topological polar surface area (TPSA) is 12.5 Å². The van der Waals surface area contributed by atoms with Gasteiger partial charge in [-0.1, -0.05) is 56.3 Å². The SMILES string of the molecule is CCN(CC)C(c1ccccc1)c1cccc(OC)c1. The Morgan fingerprint density at radius 1 is 0.900 bits per heavy atom. The zero-order valence-electron chi connectivity index (χ0n) is 12.5. The highest BCUT2D eigenvalue weighted by Crippen LogP contribution is 2.30. The summed E-state index contributed by atoms with van der Waals surface area (Å²) in [5, 5.41) is 0. The lowest BCUT2D eigenvalue weighted by atomic mass is 9.97. The highest BCUT2D eigenvalue weighted by molar-refractivity contribution is 5.36. The van der Waals surface area contributed by atoms with Crippen molar-refractivity contribution in [1.29, 1.82) is 0 Å². The molecule has 0 fully saturated rings. The Morgan fingerprint density at radius 2 is 1.55 bits per heavy atom. The maximum atomic E-state index is 5.37. The fourth-order valence-electron chi connectivity index (χ4n) is 2.65. The minimum absolute atomic E-state index is 0.279. The van der Waals surface area contributed by atoms with Gasteiger partial charge in [-0.25, -0.2) is 0 Å². The molecule has 0 aliphatic rings. The van der Waals surface area contributed by atoms with Crippen LogP contribution in [0, 0.1) is 0 Å². The third-order valence-corrected chi connectivity index (χ3v) is 3.70. The van der Waals surface area contributed by atoms with Crippen molar-refractivity contribution in [2.45, 2.75) is 19.9 Å². The van der Waals surface area contributed by atoms with E-state index in [-0.39, 0.29) is 6.04 Å². The summed E-state index contributed by atoms with van der Waals surface area (Å²) in [4.78, 5) is 2.46. The van der Waals surface area contributed by atoms with E-state index in [4.69, 9.17) is 4.74 Å². The van der Waals surface area contributed by atoms with Crippen molar-refractivity contribution in [3.63, 3.8) is 0 Å². The third kappa shape index (κ3) is 3.20. The van der Waals surface area contributed by atoms with Gasteiger partial charge in [0.05, 0.1) is 13.2 Å². The Balaban J connectivity index is 2.45. The van der Waals surface area contributed by atoms with E-state index in [1.165, 1.54) is 11.1 Å². The number of hydrogen-bond donors (Lipinski definition) is 0. The molecule has 0 spiro atoms. The van der Waals surface area contributed by atoms with E-state index in [1.54, 1.807) is 7.11 Å². The molecule has 2 rings (SSSR count). The number of nitrogens with zero attached hydrogens (tertiary/aromatic N) is 1. The summed E-state index contributed by atoms with van der Waals surface area (Å²) in [6.07, 6.45) is 0. The fourth-order valence-corrected chi connectivity index (χ4v) is 2.65. The van der Waals surface area contributed by atoms with E-state index >= 15 is 0 Å². The van der Waals surface area contributed by atoms with Gasteiger partial charge in [-0.15, -0.1) is 0 Å². The van der Waals surface area contributed by atoms with Crippen molar-refractivity contribution in [3.8, 4) is 5.75 Å². The molecule has 0 aromatic heterocycles. The summed E-state index contributed by atoms with van der Waals surface area (Å²) in [5.74, 6) is 0.913. The van der Waals surface area contributed by atoms with Gasteiger partial charge in [0.2, 0.25) is 0 Å². The largest absolute Gasteiger partial charge is 0.497 e. The minimum atomic E-state index is 0.279. The Kier molecular flexibility index (Phi) is 5.19. The minimum Gasteiger partial charge on any atom is -0.497 e. The number of rotatable bonds is 6. The Labute approximate surface area is 122 Å². The molecule has 2 heteroatoms. The molecule has 1 unspecified atom stereocenters. The van der Waals surface area contributed by atoms with Crippen LogP contribution in [0.2, 0.25) is 0 Å². The van der Waals surface area contributed by atoms with Crippen LogP contribution < -0.4 is 4.74 Å². The molecule has 0 amide bonds. The number of benzene rings is 2. The highest BCUT2D eigenvalue weighted by Gasteiger charge is 2.20. The summed E-state index contributed by atoms with van der Waals surface area (Å²) < 4.78 is 5.37. The quantitative estimate of drug-likeness (QED) is 0.782. The zero-order valence-corrected chi connectivity index (χ0v) is 12.5. The van der Waals surface area contributed by atoms with Crippen molar-refractivity contribution < 1.29 is 4.74 Å². The molecule has 0 saturated heterocycles. The molecule has 0 N–H and O–H groups in total. The molecular formula is C18H23NO. The van der Waals surface area contributed by atoms with Crippen molar-refractivity contribution >= 4 is 0 Å². The third-order valence-electron chi connectivity index (χ3n) is 3.70. The standard InChI is InChI=1S/C18H23NO/c1-4-19(5-2)18(15-10-7-6-8-11-15)16-12-9-13-17(14-16)20-3/h6-14,18H,4-5H2,1-3H3. The molecule has 1 atom stereocenters. The van der Waals surface area contributed by atoms with E-state index in [0.29, 0.717) is 0 Å². The highest BCUT2D eigenvalue weighted by atomic mass is 16.5. The van der Waals surface area contributed by atoms with E-state index < -0.39 is 0 Å². The zero-order chi connectivity index (χ0) is 14.4. The smallest absolute Gasteiger partial charge is 0.119 e. The van der Waals surface area contributed by atoms with Crippen molar-refractivity contribution in [2.75, 3.05) is 20.2 Å². The monoisotopic (exact) mass is 269 g/mol. The molecule has 0 aliphatic carbocycles. The summed E-state index contributed by atoms with van der Waals surface area (Å²) in [6.45, 7) is 6.46. The second-order valence-corrected chi connectivity index (χ2v) is 4.81. The van der Waals surface area contributed by atoms with E-state index in [9.17, 15) is 0 Å². The lowest BCUT2D eigenvalue weighted by Gasteiger charge is -2.30. The predicted octanol–water partition coefficient (Wildman–Crippen LogP) is 4.13. The van der Waals surface area contributed by atoms with Gasteiger partial charge in [-0.05, 0) is 36.3 Å². The molecule has 0 bridgehead atoms. The summed E-state index contributed by atoms with van der Waals surface area (Å²) in [6, 6.07) is 19.3. The van der Waals surface area contributed by atoms with Crippen LogP contribution in [-0.4, -0.2) is 25.1 Å². The van der Waals surface area contributed by atoms with Gasteiger partial charge in [0.25, 0.3) is 0 Å². The van der Waals surface area contributed by atoms with Gasteiger partial charge in [-0.2, -0.15) is 0 Å². The van der Waals surface area contributed by atoms with Crippen LogP contribution in [0.1, 0.15) is 31.0 Å². The molecule has 2 aromatic carbocycles. The van der Waals surface area contributed by atoms with Crippen LogP contribution in [0.25, 0.3) is 0 Å². The molecule has 0 radical (unpaired) electrons. The maximum Gasteiger partial charge on any atom is 0.119 e. The van der Waals surface area contributed by atoms with Gasteiger partial charge in [0, 0.05) is 0 Å². The summed E-state index contributed by atoms with van der Waals surface area (Å²) in [5.41, 5.74) is 2.60. The van der Waals surface area contributed by atoms with E-state index in [1.807, 2.05) is 6.07 Å². The molecule has 2 nitrogen and oxygen atoms in total. The Morgan fingerprint density at radius 3 is 2.15 bits per heavy atom. The first-order chi connectivity index (χ1) is 9.80. The van der Waals surface area contributed by atoms with Crippen LogP contribution in [0.3, 0.4) is 0 Å². The summed E-state index contributed by atoms with van der Waals surface area (Å²) >= 11 is 0. The van der Waals surface area contributed by atoms with Crippen LogP contribution >= 0.6 is 0 Å². The first kappa shape index (κ1) is 14.6. The molecule has 2 aromatic rings. The first-order valence-electron chi connectivity index (χ1n) is 7.23. The number of methoxy groups -OCH3 is 1. The van der Waals surface area contributed by atoms with E-state index in [0.717, 1.165) is 18.8 Å². The molecule has 0 aliphatic heterocycles. The molecule has 20 heavy (non-hydrogen) atoms. The first-order valence-corrected chi connectivity index (χ1v) is 7.23. The Hall–Kier alpha value is -1.80.